The summed E-state index contributed by atoms with van der Waals surface area (Å²) in [6.07, 6.45) is 3.56. The number of rotatable bonds is 3. The summed E-state index contributed by atoms with van der Waals surface area (Å²) in [6.45, 7) is 4.56. The summed E-state index contributed by atoms with van der Waals surface area (Å²) in [5, 5.41) is 0. The maximum atomic E-state index is 12.0. The number of aromatic nitrogens is 2. The first-order valence-corrected chi connectivity index (χ1v) is 8.87. The molecule has 0 saturated carbocycles. The number of fused-ring (bicyclic) bond motifs is 1. The summed E-state index contributed by atoms with van der Waals surface area (Å²) < 4.78 is 0. The number of imidazole rings is 1. The zero-order valence-electron chi connectivity index (χ0n) is 15.7. The van der Waals surface area contributed by atoms with Crippen molar-refractivity contribution in [3.63, 3.8) is 0 Å². The number of hydrogen-bond donors (Lipinski definition) is 1. The predicted octanol–water partition coefficient (Wildman–Crippen LogP) is 4.29. The Morgan fingerprint density at radius 2 is 1.86 bits per heavy atom. The maximum absolute atomic E-state index is 12.0. The van der Waals surface area contributed by atoms with Crippen molar-refractivity contribution in [2.75, 3.05) is 18.0 Å². The second-order valence-corrected chi connectivity index (χ2v) is 6.65. The molecule has 0 saturated heterocycles. The first-order valence-electron chi connectivity index (χ1n) is 8.87. The molecule has 0 radical (unpaired) electrons. The number of amides is 1. The topological polar surface area (TPSA) is 52.2 Å². The Morgan fingerprint density at radius 3 is 2.54 bits per heavy atom. The van der Waals surface area contributed by atoms with Crippen molar-refractivity contribution in [3.05, 3.63) is 72.3 Å². The molecule has 7 heteroatoms. The number of halogens is 2. The first-order chi connectivity index (χ1) is 12.7. The SMILES string of the molecule is CC(=O)N1CCN(Cc2cnc[nH]2)c2ccc(-c3ccccc3)cc2C1.Cl.Cl. The quantitative estimate of drug-likeness (QED) is 0.689. The van der Waals surface area contributed by atoms with Gasteiger partial charge in [-0.2, -0.15) is 0 Å². The molecular formula is C21H24Cl2N4O. The number of aromatic amines is 1. The molecule has 0 bridgehead atoms. The van der Waals surface area contributed by atoms with Gasteiger partial charge < -0.3 is 14.8 Å². The Morgan fingerprint density at radius 1 is 1.07 bits per heavy atom. The van der Waals surface area contributed by atoms with Gasteiger partial charge in [0.25, 0.3) is 0 Å². The van der Waals surface area contributed by atoms with Gasteiger partial charge in [0.1, 0.15) is 0 Å². The van der Waals surface area contributed by atoms with E-state index in [0.29, 0.717) is 6.54 Å². The zero-order chi connectivity index (χ0) is 17.9. The normalized spacial score (nSPS) is 13.0. The molecule has 28 heavy (non-hydrogen) atoms. The molecule has 148 valence electrons. The van der Waals surface area contributed by atoms with E-state index in [4.69, 9.17) is 0 Å². The van der Waals surface area contributed by atoms with Crippen molar-refractivity contribution in [2.45, 2.75) is 20.0 Å². The third-order valence-electron chi connectivity index (χ3n) is 4.89. The predicted molar refractivity (Wildman–Crippen MR) is 117 cm³/mol. The molecule has 2 heterocycles. The Bertz CT molecular complexity index is 900. The molecule has 3 aromatic rings. The molecule has 0 atom stereocenters. The largest absolute Gasteiger partial charge is 0.364 e. The van der Waals surface area contributed by atoms with E-state index in [0.717, 1.165) is 25.3 Å². The second kappa shape index (κ2) is 9.62. The lowest BCUT2D eigenvalue weighted by atomic mass is 10.0. The third-order valence-corrected chi connectivity index (χ3v) is 4.89. The lowest BCUT2D eigenvalue weighted by Crippen LogP contribution is -2.33. The van der Waals surface area contributed by atoms with Gasteiger partial charge in [0.2, 0.25) is 5.91 Å². The molecule has 0 unspecified atom stereocenters. The fraction of sp³-hybridized carbons (Fsp3) is 0.238. The fourth-order valence-electron chi connectivity index (χ4n) is 3.49. The molecular weight excluding hydrogens is 395 g/mol. The zero-order valence-corrected chi connectivity index (χ0v) is 17.3. The number of nitrogens with one attached hydrogen (secondary N) is 1. The summed E-state index contributed by atoms with van der Waals surface area (Å²) in [5.74, 6) is 0.115. The van der Waals surface area contributed by atoms with Crippen LogP contribution in [0.15, 0.2) is 61.1 Å². The van der Waals surface area contributed by atoms with Gasteiger partial charge in [0.05, 0.1) is 18.6 Å². The average Bonchev–Trinajstić information content (AvgIpc) is 3.10. The summed E-state index contributed by atoms with van der Waals surface area (Å²) in [5.41, 5.74) is 5.80. The molecule has 4 rings (SSSR count). The van der Waals surface area contributed by atoms with Gasteiger partial charge in [-0.1, -0.05) is 36.4 Å². The number of anilines is 1. The highest BCUT2D eigenvalue weighted by Gasteiger charge is 2.22. The van der Waals surface area contributed by atoms with Crippen LogP contribution in [0.2, 0.25) is 0 Å². The minimum Gasteiger partial charge on any atom is -0.364 e. The molecule has 1 aliphatic rings. The van der Waals surface area contributed by atoms with Gasteiger partial charge >= 0.3 is 0 Å². The van der Waals surface area contributed by atoms with Crippen LogP contribution in [0.3, 0.4) is 0 Å². The minimum absolute atomic E-state index is 0. The van der Waals surface area contributed by atoms with Gasteiger partial charge in [-0.15, -0.1) is 24.8 Å². The molecule has 1 N–H and O–H groups in total. The van der Waals surface area contributed by atoms with Crippen molar-refractivity contribution in [1.29, 1.82) is 0 Å². The number of carbonyl (C=O) groups is 1. The minimum atomic E-state index is 0. The summed E-state index contributed by atoms with van der Waals surface area (Å²) >= 11 is 0. The Balaban J connectivity index is 0.00000140. The number of H-pyrrole nitrogens is 1. The number of hydrogen-bond acceptors (Lipinski definition) is 3. The van der Waals surface area contributed by atoms with Crippen LogP contribution in [0, 0.1) is 0 Å². The van der Waals surface area contributed by atoms with E-state index in [-0.39, 0.29) is 30.7 Å². The number of benzene rings is 2. The van der Waals surface area contributed by atoms with Crippen LogP contribution in [0.5, 0.6) is 0 Å². The van der Waals surface area contributed by atoms with E-state index >= 15 is 0 Å². The highest BCUT2D eigenvalue weighted by molar-refractivity contribution is 5.85. The van der Waals surface area contributed by atoms with Crippen molar-refractivity contribution in [2.24, 2.45) is 0 Å². The molecule has 0 aliphatic carbocycles. The summed E-state index contributed by atoms with van der Waals surface area (Å²) in [4.78, 5) is 23.6. The first kappa shape index (κ1) is 21.8. The van der Waals surface area contributed by atoms with E-state index in [1.54, 1.807) is 13.3 Å². The van der Waals surface area contributed by atoms with Gasteiger partial charge in [0.15, 0.2) is 0 Å². The van der Waals surface area contributed by atoms with Gasteiger partial charge in [-0.3, -0.25) is 4.79 Å². The molecule has 5 nitrogen and oxygen atoms in total. The van der Waals surface area contributed by atoms with Gasteiger partial charge in [0, 0.05) is 38.4 Å². The monoisotopic (exact) mass is 418 g/mol. The Kier molecular flexibility index (Phi) is 7.49. The lowest BCUT2D eigenvalue weighted by molar-refractivity contribution is -0.129. The summed E-state index contributed by atoms with van der Waals surface area (Å²) in [6, 6.07) is 16.9. The number of carbonyl (C=O) groups excluding carboxylic acids is 1. The van der Waals surface area contributed by atoms with Crippen LogP contribution >= 0.6 is 24.8 Å². The van der Waals surface area contributed by atoms with Crippen molar-refractivity contribution >= 4 is 36.4 Å². The van der Waals surface area contributed by atoms with Gasteiger partial charge in [-0.05, 0) is 28.8 Å². The highest BCUT2D eigenvalue weighted by atomic mass is 35.5. The fourth-order valence-corrected chi connectivity index (χ4v) is 3.49. The maximum Gasteiger partial charge on any atom is 0.219 e. The van der Waals surface area contributed by atoms with Crippen LogP contribution in [0.4, 0.5) is 5.69 Å². The van der Waals surface area contributed by atoms with E-state index in [9.17, 15) is 4.79 Å². The smallest absolute Gasteiger partial charge is 0.219 e. The third kappa shape index (κ3) is 4.66. The van der Waals surface area contributed by atoms with Gasteiger partial charge in [-0.25, -0.2) is 4.98 Å². The molecule has 1 aliphatic heterocycles. The molecule has 0 spiro atoms. The van der Waals surface area contributed by atoms with E-state index in [1.165, 1.54) is 22.4 Å². The highest BCUT2D eigenvalue weighted by Crippen LogP contribution is 2.31. The lowest BCUT2D eigenvalue weighted by Gasteiger charge is -2.24. The number of nitrogens with zero attached hydrogens (tertiary/aromatic N) is 3. The Labute approximate surface area is 177 Å². The molecule has 1 aromatic heterocycles. The molecule has 0 fully saturated rings. The van der Waals surface area contributed by atoms with Crippen LogP contribution in [0.1, 0.15) is 18.2 Å². The Hall–Kier alpha value is -2.50. The van der Waals surface area contributed by atoms with E-state index in [1.807, 2.05) is 29.3 Å². The average molecular weight is 419 g/mol. The van der Waals surface area contributed by atoms with Crippen LogP contribution in [0.25, 0.3) is 11.1 Å². The van der Waals surface area contributed by atoms with Crippen LogP contribution in [-0.4, -0.2) is 33.9 Å². The van der Waals surface area contributed by atoms with E-state index in [2.05, 4.69) is 45.2 Å². The summed E-state index contributed by atoms with van der Waals surface area (Å²) in [7, 11) is 0. The molecule has 1 amide bonds. The van der Waals surface area contributed by atoms with Crippen LogP contribution < -0.4 is 4.90 Å². The van der Waals surface area contributed by atoms with Crippen molar-refractivity contribution in [3.8, 4) is 11.1 Å². The standard InChI is InChI=1S/C21H22N4O.2ClH/c1-16(26)24-9-10-25(14-20-12-22-15-23-20)21-8-7-18(11-19(21)13-24)17-5-3-2-4-6-17;;/h2-8,11-12,15H,9-10,13-14H2,1H3,(H,22,23);2*1H. The van der Waals surface area contributed by atoms with Crippen LogP contribution in [-0.2, 0) is 17.9 Å². The molecule has 2 aromatic carbocycles. The van der Waals surface area contributed by atoms with Crippen molar-refractivity contribution in [1.82, 2.24) is 14.9 Å². The van der Waals surface area contributed by atoms with Crippen molar-refractivity contribution < 1.29 is 4.79 Å². The second-order valence-electron chi connectivity index (χ2n) is 6.65. The van der Waals surface area contributed by atoms with E-state index < -0.39 is 0 Å².